The summed E-state index contributed by atoms with van der Waals surface area (Å²) in [5.41, 5.74) is 3.31. The summed E-state index contributed by atoms with van der Waals surface area (Å²) in [6.45, 7) is 3.77. The molecule has 2 aromatic carbocycles. The molecule has 0 unspecified atom stereocenters. The summed E-state index contributed by atoms with van der Waals surface area (Å²) < 4.78 is 11.0. The average Bonchev–Trinajstić information content (AvgIpc) is 2.66. The first-order valence-electron chi connectivity index (χ1n) is 7.99. The van der Waals surface area contributed by atoms with Crippen LogP contribution >= 0.6 is 0 Å². The molecule has 1 N–H and O–H groups in total. The van der Waals surface area contributed by atoms with Gasteiger partial charge in [-0.25, -0.2) is 0 Å². The van der Waals surface area contributed by atoms with Gasteiger partial charge in [0.05, 0.1) is 19.8 Å². The van der Waals surface area contributed by atoms with Gasteiger partial charge in [0.25, 0.3) is 0 Å². The van der Waals surface area contributed by atoms with Gasteiger partial charge in [-0.3, -0.25) is 4.79 Å². The van der Waals surface area contributed by atoms with Crippen LogP contribution in [0, 0.1) is 0 Å². The minimum Gasteiger partial charge on any atom is -0.496 e. The summed E-state index contributed by atoms with van der Waals surface area (Å²) in [5.74, 6) is 1.26. The number of methoxy groups -OCH3 is 2. The zero-order valence-electron chi connectivity index (χ0n) is 14.8. The van der Waals surface area contributed by atoms with Crippen molar-refractivity contribution in [2.24, 2.45) is 0 Å². The molecule has 0 aliphatic rings. The van der Waals surface area contributed by atoms with Crippen LogP contribution in [-0.4, -0.2) is 27.1 Å². The summed E-state index contributed by atoms with van der Waals surface area (Å²) in [6.07, 6.45) is 5.75. The third-order valence-electron chi connectivity index (χ3n) is 3.89. The molecule has 0 aliphatic carbocycles. The first-order valence-corrected chi connectivity index (χ1v) is 7.99. The normalized spacial score (nSPS) is 10.5. The van der Waals surface area contributed by atoms with Crippen molar-refractivity contribution in [1.82, 2.24) is 0 Å². The molecular formula is C21H23NO3. The van der Waals surface area contributed by atoms with Crippen LogP contribution in [0.5, 0.6) is 11.5 Å². The van der Waals surface area contributed by atoms with Crippen molar-refractivity contribution < 1.29 is 14.3 Å². The first-order chi connectivity index (χ1) is 12.1. The molecule has 25 heavy (non-hydrogen) atoms. The number of ketones is 1. The summed E-state index contributed by atoms with van der Waals surface area (Å²) in [6, 6.07) is 11.1. The Morgan fingerprint density at radius 2 is 1.84 bits per heavy atom. The number of carbonyl (C=O) groups is 1. The van der Waals surface area contributed by atoms with E-state index in [2.05, 4.69) is 11.9 Å². The second kappa shape index (κ2) is 8.73. The number of benzene rings is 2. The molecule has 2 rings (SSSR count). The van der Waals surface area contributed by atoms with Crippen LogP contribution in [0.15, 0.2) is 55.1 Å². The Hall–Kier alpha value is -3.01. The second-order valence-electron chi connectivity index (χ2n) is 5.39. The summed E-state index contributed by atoms with van der Waals surface area (Å²) >= 11 is 0. The van der Waals surface area contributed by atoms with E-state index in [0.29, 0.717) is 23.5 Å². The maximum atomic E-state index is 12.4. The number of hydrogen-bond acceptors (Lipinski definition) is 4. The van der Waals surface area contributed by atoms with Gasteiger partial charge in [-0.1, -0.05) is 12.1 Å². The quantitative estimate of drug-likeness (QED) is 0.441. The van der Waals surface area contributed by atoms with E-state index in [9.17, 15) is 4.79 Å². The van der Waals surface area contributed by atoms with Crippen molar-refractivity contribution in [3.05, 3.63) is 71.8 Å². The van der Waals surface area contributed by atoms with Gasteiger partial charge in [0.1, 0.15) is 11.5 Å². The molecule has 2 aromatic rings. The number of ether oxygens (including phenoxy) is 2. The van der Waals surface area contributed by atoms with Crippen LogP contribution in [0.3, 0.4) is 0 Å². The Kier molecular flexibility index (Phi) is 6.40. The molecule has 4 heteroatoms. The molecule has 0 aromatic heterocycles. The average molecular weight is 337 g/mol. The molecule has 0 spiro atoms. The predicted octanol–water partition coefficient (Wildman–Crippen LogP) is 4.37. The zero-order valence-corrected chi connectivity index (χ0v) is 14.8. The van der Waals surface area contributed by atoms with Crippen LogP contribution in [0.4, 0.5) is 5.69 Å². The van der Waals surface area contributed by atoms with Crippen LogP contribution in [-0.2, 0) is 6.42 Å². The minimum atomic E-state index is -0.0825. The highest BCUT2D eigenvalue weighted by molar-refractivity contribution is 6.07. The van der Waals surface area contributed by atoms with Crippen LogP contribution in [0.1, 0.15) is 21.5 Å². The molecule has 130 valence electrons. The fourth-order valence-electron chi connectivity index (χ4n) is 2.58. The first kappa shape index (κ1) is 18.3. The van der Waals surface area contributed by atoms with Gasteiger partial charge < -0.3 is 14.8 Å². The Morgan fingerprint density at radius 3 is 2.40 bits per heavy atom. The highest BCUT2D eigenvalue weighted by Gasteiger charge is 2.12. The third-order valence-corrected chi connectivity index (χ3v) is 3.89. The largest absolute Gasteiger partial charge is 0.496 e. The number of carbonyl (C=O) groups excluding carboxylic acids is 1. The Bertz CT molecular complexity index is 776. The van der Waals surface area contributed by atoms with E-state index in [4.69, 9.17) is 9.47 Å². The monoisotopic (exact) mass is 337 g/mol. The van der Waals surface area contributed by atoms with Gasteiger partial charge in [0, 0.05) is 18.3 Å². The summed E-state index contributed by atoms with van der Waals surface area (Å²) in [5, 5.41) is 3.03. The van der Waals surface area contributed by atoms with Crippen molar-refractivity contribution in [3.63, 3.8) is 0 Å². The Labute approximate surface area is 148 Å². The van der Waals surface area contributed by atoms with Gasteiger partial charge >= 0.3 is 0 Å². The molecule has 0 saturated heterocycles. The van der Waals surface area contributed by atoms with Gasteiger partial charge in [-0.2, -0.15) is 0 Å². The standard InChI is InChI=1S/C21H23NO3/c1-5-6-16-9-14-20(24-3)18(21(16)25-4)12-13-19(23)15-7-10-17(22-2)11-8-15/h5,7-14,22H,1,6H2,2-4H3. The summed E-state index contributed by atoms with van der Waals surface area (Å²) in [7, 11) is 5.04. The van der Waals surface area contributed by atoms with Gasteiger partial charge in [-0.15, -0.1) is 6.58 Å². The van der Waals surface area contributed by atoms with Crippen LogP contribution in [0.2, 0.25) is 0 Å². The Balaban J connectivity index is 2.36. The van der Waals surface area contributed by atoms with E-state index in [1.807, 2.05) is 37.4 Å². The molecule has 0 atom stereocenters. The van der Waals surface area contributed by atoms with Gasteiger partial charge in [-0.05, 0) is 54.5 Å². The lowest BCUT2D eigenvalue weighted by molar-refractivity contribution is 0.104. The zero-order chi connectivity index (χ0) is 18.2. The van der Waals surface area contributed by atoms with Crippen molar-refractivity contribution in [3.8, 4) is 11.5 Å². The number of allylic oxidation sites excluding steroid dienone is 2. The topological polar surface area (TPSA) is 47.6 Å². The van der Waals surface area contributed by atoms with E-state index in [1.165, 1.54) is 6.08 Å². The van der Waals surface area contributed by atoms with Gasteiger partial charge in [0.2, 0.25) is 0 Å². The maximum Gasteiger partial charge on any atom is 0.185 e. The lowest BCUT2D eigenvalue weighted by atomic mass is 10.0. The third kappa shape index (κ3) is 4.29. The molecule has 0 bridgehead atoms. The minimum absolute atomic E-state index is 0.0825. The number of anilines is 1. The van der Waals surface area contributed by atoms with E-state index in [-0.39, 0.29) is 5.78 Å². The van der Waals surface area contributed by atoms with Crippen LogP contribution < -0.4 is 14.8 Å². The molecule has 0 amide bonds. The smallest absolute Gasteiger partial charge is 0.185 e. The fraction of sp³-hybridized carbons (Fsp3) is 0.190. The van der Waals surface area contributed by atoms with Crippen molar-refractivity contribution in [2.45, 2.75) is 6.42 Å². The lowest BCUT2D eigenvalue weighted by Crippen LogP contribution is -1.99. The molecule has 4 nitrogen and oxygen atoms in total. The van der Waals surface area contributed by atoms with Crippen molar-refractivity contribution in [1.29, 1.82) is 0 Å². The highest BCUT2D eigenvalue weighted by Crippen LogP contribution is 2.34. The maximum absolute atomic E-state index is 12.4. The highest BCUT2D eigenvalue weighted by atomic mass is 16.5. The van der Waals surface area contributed by atoms with Crippen molar-refractivity contribution in [2.75, 3.05) is 26.6 Å². The van der Waals surface area contributed by atoms with E-state index in [1.54, 1.807) is 32.4 Å². The number of hydrogen-bond donors (Lipinski definition) is 1. The lowest BCUT2D eigenvalue weighted by Gasteiger charge is -2.14. The van der Waals surface area contributed by atoms with E-state index < -0.39 is 0 Å². The molecule has 0 radical (unpaired) electrons. The second-order valence-corrected chi connectivity index (χ2v) is 5.39. The molecular weight excluding hydrogens is 314 g/mol. The predicted molar refractivity (Wildman–Crippen MR) is 103 cm³/mol. The van der Waals surface area contributed by atoms with Crippen LogP contribution in [0.25, 0.3) is 6.08 Å². The molecule has 0 fully saturated rings. The molecule has 0 saturated carbocycles. The molecule has 0 aliphatic heterocycles. The summed E-state index contributed by atoms with van der Waals surface area (Å²) in [4.78, 5) is 12.4. The fourth-order valence-corrected chi connectivity index (χ4v) is 2.58. The van der Waals surface area contributed by atoms with Crippen molar-refractivity contribution >= 4 is 17.5 Å². The number of rotatable bonds is 8. The Morgan fingerprint density at radius 1 is 1.12 bits per heavy atom. The number of nitrogens with one attached hydrogen (secondary N) is 1. The van der Waals surface area contributed by atoms with Gasteiger partial charge in [0.15, 0.2) is 5.78 Å². The van der Waals surface area contributed by atoms with E-state index in [0.717, 1.165) is 16.8 Å². The van der Waals surface area contributed by atoms with E-state index >= 15 is 0 Å². The SMILES string of the molecule is C=CCc1ccc(OC)c(C=CC(=O)c2ccc(NC)cc2)c1OC. The molecule has 0 heterocycles.